The van der Waals surface area contributed by atoms with E-state index in [1.807, 2.05) is 24.3 Å². The number of hydrogen-bond donors (Lipinski definition) is 1. The molecule has 0 atom stereocenters. The van der Waals surface area contributed by atoms with E-state index in [0.717, 1.165) is 35.7 Å². The van der Waals surface area contributed by atoms with Crippen LogP contribution in [-0.4, -0.2) is 10.9 Å². The summed E-state index contributed by atoms with van der Waals surface area (Å²) < 4.78 is 1.04. The minimum atomic E-state index is 0.0174. The first-order valence-corrected chi connectivity index (χ1v) is 8.13. The number of benzene rings is 1. The highest BCUT2D eigenvalue weighted by Crippen LogP contribution is 2.28. The van der Waals surface area contributed by atoms with Crippen LogP contribution in [0.2, 0.25) is 0 Å². The van der Waals surface area contributed by atoms with Crippen molar-refractivity contribution in [3.05, 3.63) is 46.1 Å². The van der Waals surface area contributed by atoms with Crippen LogP contribution in [0.5, 0.6) is 0 Å². The molecule has 0 saturated heterocycles. The Morgan fingerprint density at radius 2 is 1.95 bits per heavy atom. The fourth-order valence-electron chi connectivity index (χ4n) is 2.71. The zero-order valence-electron chi connectivity index (χ0n) is 11.6. The van der Waals surface area contributed by atoms with E-state index in [2.05, 4.69) is 15.9 Å². The van der Waals surface area contributed by atoms with Gasteiger partial charge in [-0.3, -0.25) is 4.79 Å². The van der Waals surface area contributed by atoms with Gasteiger partial charge in [0, 0.05) is 22.9 Å². The van der Waals surface area contributed by atoms with Gasteiger partial charge < -0.3 is 5.11 Å². The first kappa shape index (κ1) is 15.3. The van der Waals surface area contributed by atoms with Gasteiger partial charge in [-0.15, -0.1) is 0 Å². The number of aryl methyl sites for hydroxylation is 1. The van der Waals surface area contributed by atoms with Crippen molar-refractivity contribution in [1.29, 1.82) is 0 Å². The molecule has 1 saturated carbocycles. The molecule has 1 N–H and O–H groups in total. The van der Waals surface area contributed by atoms with Gasteiger partial charge in [-0.2, -0.15) is 0 Å². The van der Waals surface area contributed by atoms with E-state index in [0.29, 0.717) is 18.6 Å². The highest BCUT2D eigenvalue weighted by Gasteiger charge is 2.18. The summed E-state index contributed by atoms with van der Waals surface area (Å²) in [7, 11) is 0. The van der Waals surface area contributed by atoms with Gasteiger partial charge in [0.25, 0.3) is 0 Å². The molecule has 0 unspecified atom stereocenters. The molecule has 0 aliphatic heterocycles. The van der Waals surface area contributed by atoms with Gasteiger partial charge in [0.15, 0.2) is 5.78 Å². The number of aliphatic hydroxyl groups is 1. The quantitative estimate of drug-likeness (QED) is 0.608. The lowest BCUT2D eigenvalue weighted by Gasteiger charge is -2.20. The molecule has 1 aromatic rings. The third-order valence-electron chi connectivity index (χ3n) is 3.93. The second kappa shape index (κ2) is 7.63. The lowest BCUT2D eigenvalue weighted by Crippen LogP contribution is -2.10. The second-order valence-corrected chi connectivity index (χ2v) is 6.32. The maximum Gasteiger partial charge on any atom is 0.159 e. The van der Waals surface area contributed by atoms with E-state index in [9.17, 15) is 9.90 Å². The molecule has 0 amide bonds. The summed E-state index contributed by atoms with van der Waals surface area (Å²) in [5.74, 6) is 0.516. The maximum absolute atomic E-state index is 11.9. The number of hydrogen-bond acceptors (Lipinski definition) is 2. The van der Waals surface area contributed by atoms with E-state index in [1.54, 1.807) is 0 Å². The van der Waals surface area contributed by atoms with Gasteiger partial charge in [0.1, 0.15) is 0 Å². The highest BCUT2D eigenvalue weighted by atomic mass is 79.9. The summed E-state index contributed by atoms with van der Waals surface area (Å²) in [5, 5.41) is 10.0. The largest absolute Gasteiger partial charge is 0.512 e. The van der Waals surface area contributed by atoms with Gasteiger partial charge in [-0.1, -0.05) is 53.4 Å². The molecule has 0 radical (unpaired) electrons. The smallest absolute Gasteiger partial charge is 0.159 e. The van der Waals surface area contributed by atoms with Crippen molar-refractivity contribution in [3.8, 4) is 0 Å². The van der Waals surface area contributed by atoms with E-state index in [-0.39, 0.29) is 11.7 Å². The zero-order chi connectivity index (χ0) is 14.4. The fourth-order valence-corrected chi connectivity index (χ4v) is 3.20. The first-order chi connectivity index (χ1) is 9.66. The van der Waals surface area contributed by atoms with Gasteiger partial charge in [-0.25, -0.2) is 0 Å². The standard InChI is InChI=1S/C17H21BrO2/c18-16-9-5-4-6-13(16)10-11-15(19)12-17(20)14-7-2-1-3-8-14/h4-6,9,12,14,20H,1-3,7-8,10-11H2/b17-12-. The summed E-state index contributed by atoms with van der Waals surface area (Å²) in [6, 6.07) is 7.93. The lowest BCUT2D eigenvalue weighted by atomic mass is 9.87. The van der Waals surface area contributed by atoms with Crippen LogP contribution in [0.1, 0.15) is 44.1 Å². The van der Waals surface area contributed by atoms with Crippen molar-refractivity contribution in [3.63, 3.8) is 0 Å². The molecule has 1 aromatic carbocycles. The number of rotatable bonds is 5. The molecular weight excluding hydrogens is 316 g/mol. The van der Waals surface area contributed by atoms with E-state index in [4.69, 9.17) is 0 Å². The molecule has 3 heteroatoms. The van der Waals surface area contributed by atoms with Gasteiger partial charge >= 0.3 is 0 Å². The summed E-state index contributed by atoms with van der Waals surface area (Å²) in [6.45, 7) is 0. The van der Waals surface area contributed by atoms with E-state index >= 15 is 0 Å². The number of aliphatic hydroxyl groups excluding tert-OH is 1. The summed E-state index contributed by atoms with van der Waals surface area (Å²) in [4.78, 5) is 11.9. The molecule has 2 rings (SSSR count). The molecule has 2 nitrogen and oxygen atoms in total. The summed E-state index contributed by atoms with van der Waals surface area (Å²) >= 11 is 3.48. The van der Waals surface area contributed by atoms with Crippen molar-refractivity contribution >= 4 is 21.7 Å². The van der Waals surface area contributed by atoms with Gasteiger partial charge in [-0.05, 0) is 30.9 Å². The zero-order valence-corrected chi connectivity index (χ0v) is 13.2. The maximum atomic E-state index is 11.9. The monoisotopic (exact) mass is 336 g/mol. The molecule has 20 heavy (non-hydrogen) atoms. The van der Waals surface area contributed by atoms with Gasteiger partial charge in [0.05, 0.1) is 5.76 Å². The fraction of sp³-hybridized carbons (Fsp3) is 0.471. The molecule has 1 aliphatic carbocycles. The highest BCUT2D eigenvalue weighted by molar-refractivity contribution is 9.10. The van der Waals surface area contributed by atoms with Crippen LogP contribution >= 0.6 is 15.9 Å². The molecular formula is C17H21BrO2. The molecule has 1 fully saturated rings. The Balaban J connectivity index is 1.87. The molecule has 0 heterocycles. The Bertz CT molecular complexity index is 488. The van der Waals surface area contributed by atoms with Crippen LogP contribution in [0.15, 0.2) is 40.6 Å². The van der Waals surface area contributed by atoms with Crippen molar-refractivity contribution in [2.75, 3.05) is 0 Å². The van der Waals surface area contributed by atoms with Gasteiger partial charge in [0.2, 0.25) is 0 Å². The number of ketones is 1. The molecule has 0 aromatic heterocycles. The van der Waals surface area contributed by atoms with E-state index < -0.39 is 0 Å². The van der Waals surface area contributed by atoms with Crippen LogP contribution in [0.4, 0.5) is 0 Å². The first-order valence-electron chi connectivity index (χ1n) is 7.33. The third-order valence-corrected chi connectivity index (χ3v) is 4.70. The van der Waals surface area contributed by atoms with Crippen molar-refractivity contribution in [2.24, 2.45) is 5.92 Å². The minimum absolute atomic E-state index is 0.0174. The summed E-state index contributed by atoms with van der Waals surface area (Å²) in [6.07, 6.45) is 8.20. The van der Waals surface area contributed by atoms with E-state index in [1.165, 1.54) is 12.5 Å². The van der Waals surface area contributed by atoms with Crippen LogP contribution in [0.3, 0.4) is 0 Å². The van der Waals surface area contributed by atoms with Crippen molar-refractivity contribution in [2.45, 2.75) is 44.9 Å². The Hall–Kier alpha value is -1.09. The number of carbonyl (C=O) groups excluding carboxylic acids is 1. The predicted molar refractivity (Wildman–Crippen MR) is 84.8 cm³/mol. The summed E-state index contributed by atoms with van der Waals surface area (Å²) in [5.41, 5.74) is 1.13. The Morgan fingerprint density at radius 3 is 2.65 bits per heavy atom. The number of allylic oxidation sites excluding steroid dienone is 2. The Kier molecular flexibility index (Phi) is 5.84. The number of carbonyl (C=O) groups is 1. The number of halogens is 1. The topological polar surface area (TPSA) is 37.3 Å². The van der Waals surface area contributed by atoms with Crippen LogP contribution in [-0.2, 0) is 11.2 Å². The average molecular weight is 337 g/mol. The van der Waals surface area contributed by atoms with Crippen molar-refractivity contribution in [1.82, 2.24) is 0 Å². The normalized spacial score (nSPS) is 17.1. The van der Waals surface area contributed by atoms with Crippen molar-refractivity contribution < 1.29 is 9.90 Å². The van der Waals surface area contributed by atoms with Crippen LogP contribution < -0.4 is 0 Å². The Labute approximate surface area is 129 Å². The average Bonchev–Trinajstić information content (AvgIpc) is 2.47. The van der Waals surface area contributed by atoms with Crippen LogP contribution in [0, 0.1) is 5.92 Å². The third kappa shape index (κ3) is 4.48. The minimum Gasteiger partial charge on any atom is -0.512 e. The molecule has 0 spiro atoms. The lowest BCUT2D eigenvalue weighted by molar-refractivity contribution is -0.114. The molecule has 1 aliphatic rings. The molecule has 108 valence electrons. The predicted octanol–water partition coefficient (Wildman–Crippen LogP) is 4.97. The Morgan fingerprint density at radius 1 is 1.25 bits per heavy atom. The SMILES string of the molecule is O=C(/C=C(\O)C1CCCCC1)CCc1ccccc1Br. The second-order valence-electron chi connectivity index (χ2n) is 5.46. The molecule has 0 bridgehead atoms. The van der Waals surface area contributed by atoms with Crippen LogP contribution in [0.25, 0.3) is 0 Å².